The number of hydrogen-bond acceptors (Lipinski definition) is 4. The Balaban J connectivity index is 2.12. The van der Waals surface area contributed by atoms with Crippen LogP contribution in [-0.2, 0) is 7.05 Å². The van der Waals surface area contributed by atoms with Crippen molar-refractivity contribution < 1.29 is 0 Å². The average molecular weight is 228 g/mol. The van der Waals surface area contributed by atoms with E-state index in [1.165, 1.54) is 12.8 Å². The number of aromatic nitrogens is 3. The molecule has 0 aliphatic heterocycles. The van der Waals surface area contributed by atoms with Crippen molar-refractivity contribution in [3.8, 4) is 0 Å². The van der Waals surface area contributed by atoms with Crippen molar-refractivity contribution in [1.82, 2.24) is 20.1 Å². The van der Waals surface area contributed by atoms with Gasteiger partial charge < -0.3 is 9.88 Å². The van der Waals surface area contributed by atoms with E-state index < -0.39 is 0 Å². The van der Waals surface area contributed by atoms with Crippen LogP contribution in [0.25, 0.3) is 0 Å². The standard InChI is InChI=1S/C10H20N4S/c1-4-5-6-11-7-8-15-10-13-12-9(2)14(10)3/h11H,4-8H2,1-3H3. The molecule has 0 aliphatic rings. The van der Waals surface area contributed by atoms with Gasteiger partial charge in [0.15, 0.2) is 5.16 Å². The molecule has 0 fully saturated rings. The molecule has 1 aromatic heterocycles. The lowest BCUT2D eigenvalue weighted by atomic mass is 10.3. The minimum absolute atomic E-state index is 0.969. The number of nitrogens with zero attached hydrogens (tertiary/aromatic N) is 3. The highest BCUT2D eigenvalue weighted by Gasteiger charge is 2.03. The number of hydrogen-bond donors (Lipinski definition) is 1. The second-order valence-corrected chi connectivity index (χ2v) is 4.60. The smallest absolute Gasteiger partial charge is 0.190 e. The van der Waals surface area contributed by atoms with Gasteiger partial charge >= 0.3 is 0 Å². The van der Waals surface area contributed by atoms with Crippen LogP contribution in [0.4, 0.5) is 0 Å². The van der Waals surface area contributed by atoms with Crippen molar-refractivity contribution in [1.29, 1.82) is 0 Å². The number of nitrogens with one attached hydrogen (secondary N) is 1. The van der Waals surface area contributed by atoms with Crippen LogP contribution in [0.3, 0.4) is 0 Å². The molecule has 1 N–H and O–H groups in total. The van der Waals surface area contributed by atoms with Gasteiger partial charge in [-0.2, -0.15) is 0 Å². The van der Waals surface area contributed by atoms with E-state index >= 15 is 0 Å². The molecule has 86 valence electrons. The molecule has 0 aromatic carbocycles. The molecular weight excluding hydrogens is 208 g/mol. The van der Waals surface area contributed by atoms with Gasteiger partial charge in [-0.15, -0.1) is 10.2 Å². The molecule has 0 atom stereocenters. The monoisotopic (exact) mass is 228 g/mol. The third-order valence-electron chi connectivity index (χ3n) is 2.27. The molecule has 0 saturated heterocycles. The van der Waals surface area contributed by atoms with Crippen LogP contribution in [-0.4, -0.2) is 33.6 Å². The topological polar surface area (TPSA) is 42.7 Å². The molecule has 5 heteroatoms. The SMILES string of the molecule is CCCCNCCSc1nnc(C)n1C. The summed E-state index contributed by atoms with van der Waals surface area (Å²) >= 11 is 1.75. The number of thioether (sulfide) groups is 1. The van der Waals surface area contributed by atoms with Crippen LogP contribution in [0.15, 0.2) is 5.16 Å². The maximum absolute atomic E-state index is 4.10. The lowest BCUT2D eigenvalue weighted by Crippen LogP contribution is -2.18. The van der Waals surface area contributed by atoms with Crippen LogP contribution in [0, 0.1) is 6.92 Å². The van der Waals surface area contributed by atoms with Crippen molar-refractivity contribution in [2.75, 3.05) is 18.8 Å². The lowest BCUT2D eigenvalue weighted by molar-refractivity contribution is 0.665. The Kier molecular flexibility index (Phi) is 5.71. The van der Waals surface area contributed by atoms with Gasteiger partial charge in [-0.1, -0.05) is 25.1 Å². The Bertz CT molecular complexity index is 285. The van der Waals surface area contributed by atoms with Gasteiger partial charge in [0, 0.05) is 19.3 Å². The Morgan fingerprint density at radius 1 is 1.33 bits per heavy atom. The fourth-order valence-electron chi connectivity index (χ4n) is 1.15. The van der Waals surface area contributed by atoms with E-state index in [0.29, 0.717) is 0 Å². The Morgan fingerprint density at radius 3 is 2.73 bits per heavy atom. The molecule has 0 radical (unpaired) electrons. The van der Waals surface area contributed by atoms with Gasteiger partial charge in [-0.25, -0.2) is 0 Å². The molecule has 0 amide bonds. The summed E-state index contributed by atoms with van der Waals surface area (Å²) in [4.78, 5) is 0. The lowest BCUT2D eigenvalue weighted by Gasteiger charge is -2.03. The summed E-state index contributed by atoms with van der Waals surface area (Å²) in [6.07, 6.45) is 2.51. The maximum atomic E-state index is 4.10. The second-order valence-electron chi connectivity index (χ2n) is 3.54. The minimum Gasteiger partial charge on any atom is -0.316 e. The van der Waals surface area contributed by atoms with Gasteiger partial charge in [0.2, 0.25) is 0 Å². The number of rotatable bonds is 7. The van der Waals surface area contributed by atoms with Crippen molar-refractivity contribution in [3.05, 3.63) is 5.82 Å². The van der Waals surface area contributed by atoms with Crippen molar-refractivity contribution in [2.24, 2.45) is 7.05 Å². The molecule has 1 heterocycles. The third-order valence-corrected chi connectivity index (χ3v) is 3.29. The summed E-state index contributed by atoms with van der Waals surface area (Å²) in [7, 11) is 2.00. The third kappa shape index (κ3) is 4.22. The minimum atomic E-state index is 0.969. The molecule has 4 nitrogen and oxygen atoms in total. The van der Waals surface area contributed by atoms with Crippen LogP contribution in [0.5, 0.6) is 0 Å². The van der Waals surface area contributed by atoms with Gasteiger partial charge in [-0.05, 0) is 19.9 Å². The van der Waals surface area contributed by atoms with Gasteiger partial charge in [-0.3, -0.25) is 0 Å². The Labute approximate surface area is 95.9 Å². The van der Waals surface area contributed by atoms with Gasteiger partial charge in [0.25, 0.3) is 0 Å². The van der Waals surface area contributed by atoms with Crippen molar-refractivity contribution in [3.63, 3.8) is 0 Å². The molecule has 0 bridgehead atoms. The first kappa shape index (κ1) is 12.5. The fraction of sp³-hybridized carbons (Fsp3) is 0.800. The first-order valence-corrected chi connectivity index (χ1v) is 6.43. The molecule has 0 saturated carbocycles. The summed E-state index contributed by atoms with van der Waals surface area (Å²) in [6, 6.07) is 0. The maximum Gasteiger partial charge on any atom is 0.190 e. The first-order chi connectivity index (χ1) is 7.25. The summed E-state index contributed by atoms with van der Waals surface area (Å²) < 4.78 is 2.02. The highest BCUT2D eigenvalue weighted by Crippen LogP contribution is 2.13. The van der Waals surface area contributed by atoms with Crippen LogP contribution < -0.4 is 5.32 Å². The first-order valence-electron chi connectivity index (χ1n) is 5.45. The van der Waals surface area contributed by atoms with Gasteiger partial charge in [0.1, 0.15) is 5.82 Å². The van der Waals surface area contributed by atoms with Crippen molar-refractivity contribution >= 4 is 11.8 Å². The van der Waals surface area contributed by atoms with Crippen LogP contribution >= 0.6 is 11.8 Å². The van der Waals surface area contributed by atoms with E-state index in [2.05, 4.69) is 22.4 Å². The van der Waals surface area contributed by atoms with E-state index in [1.54, 1.807) is 11.8 Å². The molecule has 1 rings (SSSR count). The zero-order valence-corrected chi connectivity index (χ0v) is 10.6. The molecule has 1 aromatic rings. The summed E-state index contributed by atoms with van der Waals surface area (Å²) in [5.74, 6) is 2.02. The zero-order valence-electron chi connectivity index (χ0n) is 9.79. The molecule has 0 spiro atoms. The van der Waals surface area contributed by atoms with Crippen LogP contribution in [0.1, 0.15) is 25.6 Å². The predicted octanol–water partition coefficient (Wildman–Crippen LogP) is 1.61. The Hall–Kier alpha value is -0.550. The fourth-order valence-corrected chi connectivity index (χ4v) is 2.01. The largest absolute Gasteiger partial charge is 0.316 e. The highest BCUT2D eigenvalue weighted by atomic mass is 32.2. The van der Waals surface area contributed by atoms with Crippen molar-refractivity contribution in [2.45, 2.75) is 31.8 Å². The molecular formula is C10H20N4S. The number of unbranched alkanes of at least 4 members (excludes halogenated alkanes) is 1. The van der Waals surface area contributed by atoms with E-state index in [1.807, 2.05) is 18.5 Å². The summed E-state index contributed by atoms with van der Waals surface area (Å²) in [5.41, 5.74) is 0. The second kappa shape index (κ2) is 6.85. The number of aryl methyl sites for hydroxylation is 1. The predicted molar refractivity (Wildman–Crippen MR) is 64.2 cm³/mol. The molecule has 0 unspecified atom stereocenters. The quantitative estimate of drug-likeness (QED) is 0.569. The average Bonchev–Trinajstić information content (AvgIpc) is 2.54. The molecule has 0 aliphatic carbocycles. The van der Waals surface area contributed by atoms with E-state index in [-0.39, 0.29) is 0 Å². The summed E-state index contributed by atoms with van der Waals surface area (Å²) in [5, 5.41) is 12.5. The highest BCUT2D eigenvalue weighted by molar-refractivity contribution is 7.99. The van der Waals surface area contributed by atoms with E-state index in [0.717, 1.165) is 29.8 Å². The van der Waals surface area contributed by atoms with Gasteiger partial charge in [0.05, 0.1) is 0 Å². The molecule has 15 heavy (non-hydrogen) atoms. The Morgan fingerprint density at radius 2 is 2.13 bits per heavy atom. The normalized spacial score (nSPS) is 10.9. The van der Waals surface area contributed by atoms with E-state index in [9.17, 15) is 0 Å². The summed E-state index contributed by atoms with van der Waals surface area (Å²) in [6.45, 7) is 6.33. The van der Waals surface area contributed by atoms with Crippen LogP contribution in [0.2, 0.25) is 0 Å². The van der Waals surface area contributed by atoms with E-state index in [4.69, 9.17) is 0 Å². The zero-order chi connectivity index (χ0) is 11.1.